The molecule has 0 atom stereocenters. The molecule has 6 nitrogen and oxygen atoms in total. The Labute approximate surface area is 130 Å². The van der Waals surface area contributed by atoms with Crippen LogP contribution < -0.4 is 5.32 Å². The fourth-order valence-corrected chi connectivity index (χ4v) is 3.96. The van der Waals surface area contributed by atoms with Crippen LogP contribution >= 0.6 is 0 Å². The van der Waals surface area contributed by atoms with Crippen molar-refractivity contribution in [2.75, 3.05) is 47.3 Å². The summed E-state index contributed by atoms with van der Waals surface area (Å²) in [6.07, 6.45) is 2.65. The van der Waals surface area contributed by atoms with Crippen LogP contribution in [0, 0.1) is 0 Å². The van der Waals surface area contributed by atoms with Gasteiger partial charge in [-0.05, 0) is 45.9 Å². The Morgan fingerprint density at radius 2 is 1.81 bits per heavy atom. The van der Waals surface area contributed by atoms with Gasteiger partial charge in [-0.15, -0.1) is 0 Å². The van der Waals surface area contributed by atoms with E-state index in [2.05, 4.69) is 31.1 Å². The number of piperidine rings is 1. The normalized spacial score (nSPS) is 19.0. The lowest BCUT2D eigenvalue weighted by molar-refractivity contribution is 0.192. The molecule has 1 rings (SSSR count). The van der Waals surface area contributed by atoms with E-state index in [1.807, 2.05) is 0 Å². The largest absolute Gasteiger partial charge is 0.314 e. The number of likely N-dealkylation sites (tertiary alicyclic amines) is 1. The van der Waals surface area contributed by atoms with Crippen molar-refractivity contribution in [1.29, 1.82) is 0 Å². The SMILES string of the molecule is CC(C)NCCCN(C)S(=O)(=O)N(C)C1CCN(C)CC1. The van der Waals surface area contributed by atoms with E-state index in [0.29, 0.717) is 12.6 Å². The molecule has 0 aromatic heterocycles. The molecule has 1 heterocycles. The third kappa shape index (κ3) is 5.83. The highest BCUT2D eigenvalue weighted by Crippen LogP contribution is 2.18. The Hall–Kier alpha value is -0.210. The minimum Gasteiger partial charge on any atom is -0.314 e. The van der Waals surface area contributed by atoms with Gasteiger partial charge in [-0.3, -0.25) is 0 Å². The van der Waals surface area contributed by atoms with E-state index in [4.69, 9.17) is 0 Å². The maximum Gasteiger partial charge on any atom is 0.281 e. The second-order valence-corrected chi connectivity index (χ2v) is 8.44. The first-order valence-electron chi connectivity index (χ1n) is 7.86. The van der Waals surface area contributed by atoms with E-state index in [0.717, 1.165) is 38.9 Å². The van der Waals surface area contributed by atoms with Crippen LogP contribution in [0.2, 0.25) is 0 Å². The molecule has 0 aromatic rings. The van der Waals surface area contributed by atoms with Crippen molar-refractivity contribution >= 4 is 10.2 Å². The first kappa shape index (κ1) is 18.8. The maximum atomic E-state index is 12.6. The van der Waals surface area contributed by atoms with Crippen molar-refractivity contribution in [2.24, 2.45) is 0 Å². The van der Waals surface area contributed by atoms with Crippen LogP contribution in [0.15, 0.2) is 0 Å². The Bertz CT molecular complexity index is 392. The molecule has 0 saturated carbocycles. The predicted molar refractivity (Wildman–Crippen MR) is 87.6 cm³/mol. The van der Waals surface area contributed by atoms with E-state index >= 15 is 0 Å². The van der Waals surface area contributed by atoms with Crippen molar-refractivity contribution in [3.63, 3.8) is 0 Å². The number of nitrogens with one attached hydrogen (secondary N) is 1. The van der Waals surface area contributed by atoms with Gasteiger partial charge in [0.15, 0.2) is 0 Å². The van der Waals surface area contributed by atoms with Crippen molar-refractivity contribution in [3.05, 3.63) is 0 Å². The highest BCUT2D eigenvalue weighted by molar-refractivity contribution is 7.86. The minimum atomic E-state index is -3.34. The van der Waals surface area contributed by atoms with E-state index in [1.54, 1.807) is 18.4 Å². The zero-order chi connectivity index (χ0) is 16.0. The molecule has 0 amide bonds. The topological polar surface area (TPSA) is 55.9 Å². The van der Waals surface area contributed by atoms with Crippen LogP contribution in [0.1, 0.15) is 33.1 Å². The lowest BCUT2D eigenvalue weighted by Gasteiger charge is -2.36. The van der Waals surface area contributed by atoms with Gasteiger partial charge in [-0.1, -0.05) is 13.8 Å². The summed E-state index contributed by atoms with van der Waals surface area (Å²) < 4.78 is 28.2. The zero-order valence-electron chi connectivity index (χ0n) is 14.2. The molecule has 21 heavy (non-hydrogen) atoms. The van der Waals surface area contributed by atoms with E-state index in [-0.39, 0.29) is 6.04 Å². The summed E-state index contributed by atoms with van der Waals surface area (Å²) in [5.74, 6) is 0. The van der Waals surface area contributed by atoms with Gasteiger partial charge in [-0.2, -0.15) is 17.0 Å². The molecule has 1 fully saturated rings. The number of nitrogens with zero attached hydrogens (tertiary/aromatic N) is 3. The van der Waals surface area contributed by atoms with Gasteiger partial charge in [0, 0.05) is 32.7 Å². The number of hydrogen-bond donors (Lipinski definition) is 1. The Balaban J connectivity index is 2.46. The molecule has 7 heteroatoms. The second kappa shape index (κ2) is 8.43. The molecule has 0 bridgehead atoms. The van der Waals surface area contributed by atoms with E-state index < -0.39 is 10.2 Å². The van der Waals surface area contributed by atoms with Gasteiger partial charge in [0.25, 0.3) is 10.2 Å². The van der Waals surface area contributed by atoms with Crippen LogP contribution in [0.3, 0.4) is 0 Å². The highest BCUT2D eigenvalue weighted by Gasteiger charge is 2.31. The van der Waals surface area contributed by atoms with Crippen LogP contribution in [0.25, 0.3) is 0 Å². The molecule has 0 radical (unpaired) electrons. The van der Waals surface area contributed by atoms with E-state index in [9.17, 15) is 8.42 Å². The predicted octanol–water partition coefficient (Wildman–Crippen LogP) is 0.577. The molecule has 0 aliphatic carbocycles. The van der Waals surface area contributed by atoms with Crippen LogP contribution in [-0.2, 0) is 10.2 Å². The van der Waals surface area contributed by atoms with Crippen LogP contribution in [-0.4, -0.2) is 81.3 Å². The lowest BCUT2D eigenvalue weighted by Crippen LogP contribution is -2.49. The Kier molecular flexibility index (Phi) is 7.56. The zero-order valence-corrected chi connectivity index (χ0v) is 15.0. The van der Waals surface area contributed by atoms with Crippen LogP contribution in [0.4, 0.5) is 0 Å². The van der Waals surface area contributed by atoms with Crippen molar-refractivity contribution in [2.45, 2.75) is 45.2 Å². The molecule has 1 aliphatic heterocycles. The monoisotopic (exact) mass is 320 g/mol. The van der Waals surface area contributed by atoms with Crippen molar-refractivity contribution in [1.82, 2.24) is 18.8 Å². The summed E-state index contributed by atoms with van der Waals surface area (Å²) in [5, 5.41) is 3.31. The molecular formula is C14H32N4O2S. The third-order valence-electron chi connectivity index (χ3n) is 4.16. The fourth-order valence-electron chi connectivity index (χ4n) is 2.57. The van der Waals surface area contributed by atoms with Crippen molar-refractivity contribution < 1.29 is 8.42 Å². The van der Waals surface area contributed by atoms with Crippen molar-refractivity contribution in [3.8, 4) is 0 Å². The standard InChI is InChI=1S/C14H32N4O2S/c1-13(2)15-9-6-10-17(4)21(19,20)18(5)14-7-11-16(3)12-8-14/h13-15H,6-12H2,1-5H3. The van der Waals surface area contributed by atoms with E-state index in [1.165, 1.54) is 4.31 Å². The molecule has 126 valence electrons. The summed E-state index contributed by atoms with van der Waals surface area (Å²) in [6, 6.07) is 0.566. The number of rotatable bonds is 8. The fraction of sp³-hybridized carbons (Fsp3) is 1.00. The summed E-state index contributed by atoms with van der Waals surface area (Å²) in [4.78, 5) is 2.25. The molecule has 1 N–H and O–H groups in total. The molecular weight excluding hydrogens is 288 g/mol. The smallest absolute Gasteiger partial charge is 0.281 e. The molecule has 0 spiro atoms. The first-order valence-corrected chi connectivity index (χ1v) is 9.26. The summed E-state index contributed by atoms with van der Waals surface area (Å²) in [5.41, 5.74) is 0. The van der Waals surface area contributed by atoms with Gasteiger partial charge in [0.2, 0.25) is 0 Å². The van der Waals surface area contributed by atoms with Gasteiger partial charge < -0.3 is 10.2 Å². The Morgan fingerprint density at radius 1 is 1.24 bits per heavy atom. The maximum absolute atomic E-state index is 12.6. The van der Waals surface area contributed by atoms with Gasteiger partial charge in [-0.25, -0.2) is 0 Å². The highest BCUT2D eigenvalue weighted by atomic mass is 32.2. The Morgan fingerprint density at radius 3 is 2.33 bits per heavy atom. The average molecular weight is 321 g/mol. The molecule has 0 unspecified atom stereocenters. The number of hydrogen-bond acceptors (Lipinski definition) is 4. The summed E-state index contributed by atoms with van der Waals surface area (Å²) in [6.45, 7) is 7.51. The lowest BCUT2D eigenvalue weighted by atomic mass is 10.1. The average Bonchev–Trinajstić information content (AvgIpc) is 2.43. The third-order valence-corrected chi connectivity index (χ3v) is 6.16. The molecule has 1 aliphatic rings. The quantitative estimate of drug-likeness (QED) is 0.665. The van der Waals surface area contributed by atoms with Crippen LogP contribution in [0.5, 0.6) is 0 Å². The minimum absolute atomic E-state index is 0.127. The first-order chi connectivity index (χ1) is 9.75. The molecule has 1 saturated heterocycles. The van der Waals surface area contributed by atoms with Gasteiger partial charge >= 0.3 is 0 Å². The van der Waals surface area contributed by atoms with Gasteiger partial charge in [0.05, 0.1) is 0 Å². The second-order valence-electron chi connectivity index (χ2n) is 6.34. The summed E-state index contributed by atoms with van der Waals surface area (Å²) in [7, 11) is 2.14. The molecule has 0 aromatic carbocycles. The van der Waals surface area contributed by atoms with Gasteiger partial charge in [0.1, 0.15) is 0 Å². The summed E-state index contributed by atoms with van der Waals surface area (Å²) >= 11 is 0.